The van der Waals surface area contributed by atoms with Gasteiger partial charge in [0.1, 0.15) is 11.6 Å². The lowest BCUT2D eigenvalue weighted by molar-refractivity contribution is 0.0696. The third kappa shape index (κ3) is 3.99. The van der Waals surface area contributed by atoms with E-state index in [0.717, 1.165) is 0 Å². The molecule has 0 fully saturated rings. The Balaban J connectivity index is 1.83. The van der Waals surface area contributed by atoms with E-state index in [9.17, 15) is 9.18 Å². The second-order valence-corrected chi connectivity index (χ2v) is 5.10. The number of carboxylic acid groups (broad SMARTS) is 1. The van der Waals surface area contributed by atoms with Gasteiger partial charge >= 0.3 is 5.97 Å². The largest absolute Gasteiger partial charge is 0.493 e. The van der Waals surface area contributed by atoms with Gasteiger partial charge in [-0.05, 0) is 30.3 Å². The highest BCUT2D eigenvalue weighted by Crippen LogP contribution is 2.21. The van der Waals surface area contributed by atoms with Crippen molar-refractivity contribution in [2.24, 2.45) is 0 Å². The Hall–Kier alpha value is -2.01. The molecule has 0 saturated heterocycles. The fraction of sp³-hybridized carbons (Fsp3) is 0.133. The van der Waals surface area contributed by atoms with E-state index >= 15 is 0 Å². The van der Waals surface area contributed by atoms with Crippen molar-refractivity contribution in [1.82, 2.24) is 0 Å². The zero-order valence-corrected chi connectivity index (χ0v) is 11.4. The van der Waals surface area contributed by atoms with E-state index in [-0.39, 0.29) is 11.4 Å². The molecule has 0 saturated carbocycles. The van der Waals surface area contributed by atoms with Gasteiger partial charge in [0.05, 0.1) is 12.2 Å². The quantitative estimate of drug-likeness (QED) is 0.651. The molecule has 1 N–H and O–H groups in total. The number of hydrogen-bond donors (Lipinski definition) is 1. The number of halogens is 1. The summed E-state index contributed by atoms with van der Waals surface area (Å²) in [4.78, 5) is 11.4. The standard InChI is InChI=1S/C15H13FO3S/c16-13-6-1-2-7-14(13)20-9-8-19-12-5-3-4-11(10-12)15(17)18/h1-7,10H,8-9H2,(H,17,18). The van der Waals surface area contributed by atoms with Gasteiger partial charge in [-0.15, -0.1) is 11.8 Å². The Bertz CT molecular complexity index is 601. The first kappa shape index (κ1) is 14.4. The molecule has 3 nitrogen and oxygen atoms in total. The van der Waals surface area contributed by atoms with Crippen LogP contribution in [0, 0.1) is 5.82 Å². The topological polar surface area (TPSA) is 46.5 Å². The summed E-state index contributed by atoms with van der Waals surface area (Å²) in [6.07, 6.45) is 0. The number of rotatable bonds is 6. The van der Waals surface area contributed by atoms with Crippen molar-refractivity contribution in [3.63, 3.8) is 0 Å². The maximum atomic E-state index is 13.4. The van der Waals surface area contributed by atoms with Gasteiger partial charge in [0, 0.05) is 10.6 Å². The molecular formula is C15H13FO3S. The molecule has 2 rings (SSSR count). The van der Waals surface area contributed by atoms with Crippen molar-refractivity contribution in [3.05, 3.63) is 59.9 Å². The predicted octanol–water partition coefficient (Wildman–Crippen LogP) is 3.70. The molecule has 104 valence electrons. The van der Waals surface area contributed by atoms with Crippen LogP contribution in [0.1, 0.15) is 10.4 Å². The van der Waals surface area contributed by atoms with Gasteiger partial charge < -0.3 is 9.84 Å². The monoisotopic (exact) mass is 292 g/mol. The third-order valence-electron chi connectivity index (χ3n) is 2.53. The highest BCUT2D eigenvalue weighted by molar-refractivity contribution is 7.99. The highest BCUT2D eigenvalue weighted by Gasteiger charge is 2.04. The maximum Gasteiger partial charge on any atom is 0.335 e. The van der Waals surface area contributed by atoms with Crippen molar-refractivity contribution in [3.8, 4) is 5.75 Å². The van der Waals surface area contributed by atoms with Crippen molar-refractivity contribution in [1.29, 1.82) is 0 Å². The van der Waals surface area contributed by atoms with E-state index < -0.39 is 5.97 Å². The number of benzene rings is 2. The predicted molar refractivity (Wildman–Crippen MR) is 76.0 cm³/mol. The van der Waals surface area contributed by atoms with Crippen LogP contribution in [-0.2, 0) is 0 Å². The van der Waals surface area contributed by atoms with E-state index in [1.165, 1.54) is 30.0 Å². The van der Waals surface area contributed by atoms with E-state index in [2.05, 4.69) is 0 Å². The Morgan fingerprint density at radius 2 is 2.00 bits per heavy atom. The minimum Gasteiger partial charge on any atom is -0.493 e. The fourth-order valence-corrected chi connectivity index (χ4v) is 2.36. The van der Waals surface area contributed by atoms with Gasteiger partial charge in [0.25, 0.3) is 0 Å². The molecule has 0 bridgehead atoms. The molecule has 2 aromatic rings. The van der Waals surface area contributed by atoms with Crippen LogP contribution in [0.2, 0.25) is 0 Å². The summed E-state index contributed by atoms with van der Waals surface area (Å²) < 4.78 is 18.8. The van der Waals surface area contributed by atoms with Crippen LogP contribution >= 0.6 is 11.8 Å². The number of carboxylic acids is 1. The van der Waals surface area contributed by atoms with Crippen LogP contribution in [0.25, 0.3) is 0 Å². The number of hydrogen-bond acceptors (Lipinski definition) is 3. The van der Waals surface area contributed by atoms with Gasteiger partial charge in [-0.25, -0.2) is 9.18 Å². The molecule has 2 aromatic carbocycles. The highest BCUT2D eigenvalue weighted by atomic mass is 32.2. The first-order valence-electron chi connectivity index (χ1n) is 6.00. The van der Waals surface area contributed by atoms with Gasteiger partial charge in [-0.1, -0.05) is 18.2 Å². The van der Waals surface area contributed by atoms with Crippen molar-refractivity contribution < 1.29 is 19.0 Å². The summed E-state index contributed by atoms with van der Waals surface area (Å²) in [5.41, 5.74) is 0.184. The van der Waals surface area contributed by atoms with Gasteiger partial charge in [-0.3, -0.25) is 0 Å². The number of aromatic carboxylic acids is 1. The molecule has 0 heterocycles. The summed E-state index contributed by atoms with van der Waals surface area (Å²) in [5.74, 6) is -0.154. The van der Waals surface area contributed by atoms with E-state index in [4.69, 9.17) is 9.84 Å². The molecule has 0 spiro atoms. The zero-order valence-electron chi connectivity index (χ0n) is 10.6. The van der Waals surface area contributed by atoms with Crippen LogP contribution in [0.4, 0.5) is 4.39 Å². The van der Waals surface area contributed by atoms with Gasteiger partial charge in [-0.2, -0.15) is 0 Å². The van der Waals surface area contributed by atoms with Gasteiger partial charge in [0.15, 0.2) is 0 Å². The van der Waals surface area contributed by atoms with E-state index in [1.54, 1.807) is 30.3 Å². The molecule has 0 radical (unpaired) electrons. The summed E-state index contributed by atoms with van der Waals surface area (Å²) in [7, 11) is 0. The first-order valence-corrected chi connectivity index (χ1v) is 6.99. The summed E-state index contributed by atoms with van der Waals surface area (Å²) in [5, 5.41) is 8.86. The lowest BCUT2D eigenvalue weighted by atomic mass is 10.2. The minimum absolute atomic E-state index is 0.184. The van der Waals surface area contributed by atoms with Crippen LogP contribution < -0.4 is 4.74 Å². The molecule has 0 unspecified atom stereocenters. The van der Waals surface area contributed by atoms with E-state index in [1.807, 2.05) is 0 Å². The Kier molecular flexibility index (Phi) is 5.01. The summed E-state index contributed by atoms with van der Waals surface area (Å²) in [6, 6.07) is 12.9. The third-order valence-corrected chi connectivity index (χ3v) is 3.54. The first-order chi connectivity index (χ1) is 9.66. The fourth-order valence-electron chi connectivity index (χ4n) is 1.59. The summed E-state index contributed by atoms with van der Waals surface area (Å²) >= 11 is 1.36. The Morgan fingerprint density at radius 1 is 1.20 bits per heavy atom. The SMILES string of the molecule is O=C(O)c1cccc(OCCSc2ccccc2F)c1. The Labute approximate surface area is 120 Å². The van der Waals surface area contributed by atoms with Gasteiger partial charge in [0.2, 0.25) is 0 Å². The second-order valence-electron chi connectivity index (χ2n) is 3.96. The lowest BCUT2D eigenvalue weighted by Crippen LogP contribution is -2.02. The zero-order chi connectivity index (χ0) is 14.4. The average Bonchev–Trinajstić information content (AvgIpc) is 2.45. The number of ether oxygens (including phenoxy) is 1. The molecule has 0 aliphatic carbocycles. The molecule has 5 heteroatoms. The number of carbonyl (C=O) groups is 1. The Morgan fingerprint density at radius 3 is 2.75 bits per heavy atom. The smallest absolute Gasteiger partial charge is 0.335 e. The van der Waals surface area contributed by atoms with E-state index in [0.29, 0.717) is 23.0 Å². The summed E-state index contributed by atoms with van der Waals surface area (Å²) in [6.45, 7) is 0.377. The minimum atomic E-state index is -0.990. The molecule has 0 aromatic heterocycles. The van der Waals surface area contributed by atoms with Crippen molar-refractivity contribution in [2.45, 2.75) is 4.90 Å². The molecule has 0 aliphatic heterocycles. The van der Waals surface area contributed by atoms with Crippen LogP contribution in [0.5, 0.6) is 5.75 Å². The van der Waals surface area contributed by atoms with Crippen molar-refractivity contribution >= 4 is 17.7 Å². The second kappa shape index (κ2) is 6.96. The lowest BCUT2D eigenvalue weighted by Gasteiger charge is -2.07. The molecular weight excluding hydrogens is 279 g/mol. The van der Waals surface area contributed by atoms with Crippen LogP contribution in [0.15, 0.2) is 53.4 Å². The molecule has 20 heavy (non-hydrogen) atoms. The normalized spacial score (nSPS) is 10.2. The van der Waals surface area contributed by atoms with Crippen LogP contribution in [0.3, 0.4) is 0 Å². The maximum absolute atomic E-state index is 13.4. The molecule has 0 aliphatic rings. The van der Waals surface area contributed by atoms with Crippen molar-refractivity contribution in [2.75, 3.05) is 12.4 Å². The molecule has 0 atom stereocenters. The average molecular weight is 292 g/mol. The van der Waals surface area contributed by atoms with Crippen LogP contribution in [-0.4, -0.2) is 23.4 Å². The molecule has 0 amide bonds. The number of thioether (sulfide) groups is 1.